The Morgan fingerprint density at radius 3 is 2.45 bits per heavy atom. The lowest BCUT2D eigenvalue weighted by molar-refractivity contribution is 0.0972. The third-order valence-corrected chi connectivity index (χ3v) is 1.12. The van der Waals surface area contributed by atoms with Gasteiger partial charge in [-0.3, -0.25) is 4.79 Å². The Kier molecular flexibility index (Phi) is 1.89. The fourth-order valence-corrected chi connectivity index (χ4v) is 0.540. The zero-order chi connectivity index (χ0) is 8.43. The number of ketones is 1. The molecule has 1 heterocycles. The summed E-state index contributed by atoms with van der Waals surface area (Å²) in [6.45, 7) is 1.38. The van der Waals surface area contributed by atoms with Crippen LogP contribution >= 0.6 is 0 Å². The van der Waals surface area contributed by atoms with E-state index in [1.807, 2.05) is 0 Å². The van der Waals surface area contributed by atoms with Crippen LogP contribution < -0.4 is 4.90 Å². The van der Waals surface area contributed by atoms with Gasteiger partial charge in [-0.05, 0) is 5.16 Å². The summed E-state index contributed by atoms with van der Waals surface area (Å²) in [6.07, 6.45) is 0. The highest BCUT2D eigenvalue weighted by Gasteiger charge is 2.10. The Bertz CT molecular complexity index is 267. The van der Waals surface area contributed by atoms with E-state index in [9.17, 15) is 4.79 Å². The molecule has 0 spiro atoms. The number of aromatic nitrogens is 2. The van der Waals surface area contributed by atoms with E-state index in [2.05, 4.69) is 14.7 Å². The van der Waals surface area contributed by atoms with Crippen LogP contribution in [0.2, 0.25) is 0 Å². The van der Waals surface area contributed by atoms with Crippen LogP contribution in [0.4, 0.5) is 5.95 Å². The van der Waals surface area contributed by atoms with Gasteiger partial charge in [-0.25, -0.2) is 0 Å². The molecule has 60 valence electrons. The van der Waals surface area contributed by atoms with Crippen LogP contribution in [0.3, 0.4) is 0 Å². The SMILES string of the molecule is CC(=O)c1nc(N(C)C)no1. The Balaban J connectivity index is 2.90. The highest BCUT2D eigenvalue weighted by Crippen LogP contribution is 2.04. The van der Waals surface area contributed by atoms with Gasteiger partial charge >= 0.3 is 0 Å². The molecule has 0 aromatic carbocycles. The summed E-state index contributed by atoms with van der Waals surface area (Å²) < 4.78 is 4.64. The molecule has 5 nitrogen and oxygen atoms in total. The quantitative estimate of drug-likeness (QED) is 0.576. The average Bonchev–Trinajstić information content (AvgIpc) is 2.33. The van der Waals surface area contributed by atoms with Crippen molar-refractivity contribution in [2.75, 3.05) is 19.0 Å². The van der Waals surface area contributed by atoms with Crippen molar-refractivity contribution in [1.29, 1.82) is 0 Å². The van der Waals surface area contributed by atoms with Gasteiger partial charge in [-0.15, -0.1) is 0 Å². The molecule has 5 heteroatoms. The molecule has 0 N–H and O–H groups in total. The second kappa shape index (κ2) is 2.69. The molecule has 0 bridgehead atoms. The fourth-order valence-electron chi connectivity index (χ4n) is 0.540. The summed E-state index contributed by atoms with van der Waals surface area (Å²) in [7, 11) is 3.55. The van der Waals surface area contributed by atoms with E-state index in [-0.39, 0.29) is 11.7 Å². The molecule has 0 aliphatic rings. The Labute approximate surface area is 64.0 Å². The van der Waals surface area contributed by atoms with Crippen LogP contribution in [-0.4, -0.2) is 30.0 Å². The van der Waals surface area contributed by atoms with Gasteiger partial charge in [-0.2, -0.15) is 4.98 Å². The number of hydrogen-bond donors (Lipinski definition) is 0. The largest absolute Gasteiger partial charge is 0.344 e. The maximum atomic E-state index is 10.7. The topological polar surface area (TPSA) is 59.2 Å². The van der Waals surface area contributed by atoms with Gasteiger partial charge in [0.2, 0.25) is 5.78 Å². The third kappa shape index (κ3) is 1.54. The monoisotopic (exact) mass is 155 g/mol. The van der Waals surface area contributed by atoms with Crippen LogP contribution in [0.1, 0.15) is 17.6 Å². The highest BCUT2D eigenvalue weighted by molar-refractivity contribution is 5.89. The predicted octanol–water partition coefficient (Wildman–Crippen LogP) is 0.338. The van der Waals surface area contributed by atoms with E-state index in [1.54, 1.807) is 19.0 Å². The number of rotatable bonds is 2. The lowest BCUT2D eigenvalue weighted by Crippen LogP contribution is -2.10. The van der Waals surface area contributed by atoms with Gasteiger partial charge in [0.15, 0.2) is 0 Å². The highest BCUT2D eigenvalue weighted by atomic mass is 16.5. The van der Waals surface area contributed by atoms with Crippen molar-refractivity contribution in [3.05, 3.63) is 5.89 Å². The minimum atomic E-state index is -0.217. The van der Waals surface area contributed by atoms with E-state index >= 15 is 0 Å². The summed E-state index contributed by atoms with van der Waals surface area (Å²) in [5.74, 6) is 0.245. The van der Waals surface area contributed by atoms with Gasteiger partial charge in [-0.1, -0.05) is 0 Å². The summed E-state index contributed by atoms with van der Waals surface area (Å²) in [6, 6.07) is 0. The van der Waals surface area contributed by atoms with Gasteiger partial charge < -0.3 is 9.42 Å². The molecule has 1 rings (SSSR count). The molecule has 0 saturated heterocycles. The van der Waals surface area contributed by atoms with E-state index in [4.69, 9.17) is 0 Å². The molecule has 0 amide bonds. The maximum absolute atomic E-state index is 10.7. The molecule has 0 saturated carbocycles. The molecule has 0 atom stereocenters. The second-order valence-electron chi connectivity index (χ2n) is 2.35. The first-order valence-corrected chi connectivity index (χ1v) is 3.13. The number of carbonyl (C=O) groups is 1. The zero-order valence-electron chi connectivity index (χ0n) is 6.66. The molecule has 0 aliphatic carbocycles. The first kappa shape index (κ1) is 7.71. The summed E-state index contributed by atoms with van der Waals surface area (Å²) in [5.41, 5.74) is 0. The van der Waals surface area contributed by atoms with Crippen LogP contribution in [-0.2, 0) is 0 Å². The molecule has 0 radical (unpaired) electrons. The minimum absolute atomic E-state index is 0.0497. The van der Waals surface area contributed by atoms with Crippen molar-refractivity contribution in [1.82, 2.24) is 10.1 Å². The Morgan fingerprint density at radius 2 is 2.18 bits per heavy atom. The molecular formula is C6H9N3O2. The maximum Gasteiger partial charge on any atom is 0.295 e. The van der Waals surface area contributed by atoms with Gasteiger partial charge in [0.25, 0.3) is 11.8 Å². The molecule has 11 heavy (non-hydrogen) atoms. The van der Waals surface area contributed by atoms with Gasteiger partial charge in [0.05, 0.1) is 0 Å². The molecule has 1 aromatic rings. The van der Waals surface area contributed by atoms with E-state index in [0.29, 0.717) is 5.95 Å². The zero-order valence-corrected chi connectivity index (χ0v) is 6.66. The minimum Gasteiger partial charge on any atom is -0.344 e. The lowest BCUT2D eigenvalue weighted by atomic mass is 10.5. The van der Waals surface area contributed by atoms with Crippen molar-refractivity contribution >= 4 is 11.7 Å². The number of carbonyl (C=O) groups excluding carboxylic acids is 1. The van der Waals surface area contributed by atoms with Gasteiger partial charge in [0.1, 0.15) is 0 Å². The predicted molar refractivity (Wildman–Crippen MR) is 38.6 cm³/mol. The van der Waals surface area contributed by atoms with Crippen LogP contribution in [0.25, 0.3) is 0 Å². The van der Waals surface area contributed by atoms with E-state index in [0.717, 1.165) is 0 Å². The number of nitrogens with zero attached hydrogens (tertiary/aromatic N) is 3. The first-order chi connectivity index (χ1) is 5.11. The van der Waals surface area contributed by atoms with E-state index < -0.39 is 0 Å². The smallest absolute Gasteiger partial charge is 0.295 e. The Morgan fingerprint density at radius 1 is 1.55 bits per heavy atom. The van der Waals surface area contributed by atoms with Crippen molar-refractivity contribution < 1.29 is 9.32 Å². The van der Waals surface area contributed by atoms with Crippen molar-refractivity contribution in [2.24, 2.45) is 0 Å². The van der Waals surface area contributed by atoms with Crippen LogP contribution in [0.5, 0.6) is 0 Å². The number of hydrogen-bond acceptors (Lipinski definition) is 5. The molecule has 1 aromatic heterocycles. The number of Topliss-reactive ketones (excluding diaryl/α,β-unsaturated/α-hetero) is 1. The normalized spacial score (nSPS) is 9.73. The molecule has 0 aliphatic heterocycles. The first-order valence-electron chi connectivity index (χ1n) is 3.13. The van der Waals surface area contributed by atoms with E-state index in [1.165, 1.54) is 6.92 Å². The summed E-state index contributed by atoms with van der Waals surface area (Å²) in [5, 5.41) is 3.56. The molecular weight excluding hydrogens is 146 g/mol. The Hall–Kier alpha value is -1.39. The molecule has 0 unspecified atom stereocenters. The number of anilines is 1. The standard InChI is InChI=1S/C6H9N3O2/c1-4(10)5-7-6(8-11-5)9(2)3/h1-3H3. The van der Waals surface area contributed by atoms with Crippen molar-refractivity contribution in [3.63, 3.8) is 0 Å². The second-order valence-corrected chi connectivity index (χ2v) is 2.35. The fraction of sp³-hybridized carbons (Fsp3) is 0.500. The molecule has 0 fully saturated rings. The van der Waals surface area contributed by atoms with Crippen LogP contribution in [0, 0.1) is 0 Å². The van der Waals surface area contributed by atoms with Crippen molar-refractivity contribution in [3.8, 4) is 0 Å². The van der Waals surface area contributed by atoms with Crippen molar-refractivity contribution in [2.45, 2.75) is 6.92 Å². The summed E-state index contributed by atoms with van der Waals surface area (Å²) in [4.78, 5) is 16.1. The van der Waals surface area contributed by atoms with Gasteiger partial charge in [0, 0.05) is 21.0 Å². The average molecular weight is 155 g/mol. The third-order valence-electron chi connectivity index (χ3n) is 1.12. The lowest BCUT2D eigenvalue weighted by Gasteiger charge is -2.01. The summed E-state index contributed by atoms with van der Waals surface area (Å²) >= 11 is 0. The van der Waals surface area contributed by atoms with Crippen LogP contribution in [0.15, 0.2) is 4.52 Å².